The van der Waals surface area contributed by atoms with Gasteiger partial charge in [-0.25, -0.2) is 0 Å². The Morgan fingerprint density at radius 3 is 2.50 bits per heavy atom. The average Bonchev–Trinajstić information content (AvgIpc) is 2.12. The second-order valence-electron chi connectivity index (χ2n) is 4.13. The van der Waals surface area contributed by atoms with Gasteiger partial charge in [0.15, 0.2) is 0 Å². The van der Waals surface area contributed by atoms with Gasteiger partial charge in [-0.2, -0.15) is 0 Å². The maximum absolute atomic E-state index is 8.74. The van der Waals surface area contributed by atoms with Crippen molar-refractivity contribution in [3.63, 3.8) is 0 Å². The van der Waals surface area contributed by atoms with Gasteiger partial charge in [-0.05, 0) is 26.7 Å². The molecule has 0 bridgehead atoms. The highest BCUT2D eigenvalue weighted by atomic mass is 16.5. The largest absolute Gasteiger partial charge is 0.395 e. The SMILES string of the molecule is CC1CC(OCC(N)CO)CC(C)O1. The molecule has 4 heteroatoms. The first-order valence-electron chi connectivity index (χ1n) is 5.25. The smallest absolute Gasteiger partial charge is 0.0643 e. The molecule has 0 spiro atoms. The van der Waals surface area contributed by atoms with Crippen LogP contribution < -0.4 is 5.73 Å². The lowest BCUT2D eigenvalue weighted by Gasteiger charge is -2.32. The summed E-state index contributed by atoms with van der Waals surface area (Å²) in [6.45, 7) is 4.52. The molecular weight excluding hydrogens is 182 g/mol. The van der Waals surface area contributed by atoms with Gasteiger partial charge in [-0.1, -0.05) is 0 Å². The first-order valence-corrected chi connectivity index (χ1v) is 5.25. The van der Waals surface area contributed by atoms with Gasteiger partial charge in [-0.3, -0.25) is 0 Å². The normalized spacial score (nSPS) is 35.6. The van der Waals surface area contributed by atoms with Crippen LogP contribution in [0.15, 0.2) is 0 Å². The van der Waals surface area contributed by atoms with Gasteiger partial charge < -0.3 is 20.3 Å². The molecule has 4 nitrogen and oxygen atoms in total. The van der Waals surface area contributed by atoms with Crippen LogP contribution >= 0.6 is 0 Å². The molecule has 1 fully saturated rings. The summed E-state index contributed by atoms with van der Waals surface area (Å²) in [7, 11) is 0. The number of aliphatic hydroxyl groups excluding tert-OH is 1. The van der Waals surface area contributed by atoms with E-state index in [1.807, 2.05) is 0 Å². The van der Waals surface area contributed by atoms with Crippen molar-refractivity contribution in [2.24, 2.45) is 5.73 Å². The Labute approximate surface area is 85.4 Å². The minimum Gasteiger partial charge on any atom is -0.395 e. The minimum atomic E-state index is -0.261. The topological polar surface area (TPSA) is 64.7 Å². The van der Waals surface area contributed by atoms with Crippen LogP contribution in [-0.2, 0) is 9.47 Å². The summed E-state index contributed by atoms with van der Waals surface area (Å²) in [6, 6.07) is -0.261. The summed E-state index contributed by atoms with van der Waals surface area (Å²) in [5.74, 6) is 0. The molecular formula is C10H21NO3. The second kappa shape index (κ2) is 5.66. The third kappa shape index (κ3) is 3.92. The predicted molar refractivity (Wildman–Crippen MR) is 54.0 cm³/mol. The van der Waals surface area contributed by atoms with Crippen LogP contribution in [0.5, 0.6) is 0 Å². The van der Waals surface area contributed by atoms with Crippen LogP contribution in [0.2, 0.25) is 0 Å². The number of ether oxygens (including phenoxy) is 2. The summed E-state index contributed by atoms with van der Waals surface area (Å²) in [5.41, 5.74) is 5.55. The van der Waals surface area contributed by atoms with E-state index in [0.29, 0.717) is 6.61 Å². The number of hydrogen-bond acceptors (Lipinski definition) is 4. The highest BCUT2D eigenvalue weighted by Crippen LogP contribution is 2.21. The molecule has 1 heterocycles. The molecule has 0 aromatic rings. The Bertz CT molecular complexity index is 155. The molecule has 14 heavy (non-hydrogen) atoms. The van der Waals surface area contributed by atoms with Crippen LogP contribution in [0.25, 0.3) is 0 Å². The number of nitrogens with two attached hydrogens (primary N) is 1. The Hall–Kier alpha value is -0.160. The quantitative estimate of drug-likeness (QED) is 0.688. The van der Waals surface area contributed by atoms with Gasteiger partial charge in [0.05, 0.1) is 37.6 Å². The summed E-state index contributed by atoms with van der Waals surface area (Å²) < 4.78 is 11.2. The van der Waals surface area contributed by atoms with Crippen molar-refractivity contribution < 1.29 is 14.6 Å². The molecule has 0 aromatic carbocycles. The molecule has 0 saturated carbocycles. The number of aliphatic hydroxyl groups is 1. The van der Waals surface area contributed by atoms with E-state index in [1.54, 1.807) is 0 Å². The Morgan fingerprint density at radius 1 is 1.43 bits per heavy atom. The molecule has 84 valence electrons. The number of hydrogen-bond donors (Lipinski definition) is 2. The fourth-order valence-corrected chi connectivity index (χ4v) is 1.79. The molecule has 1 aliphatic heterocycles. The highest BCUT2D eigenvalue weighted by Gasteiger charge is 2.25. The zero-order valence-corrected chi connectivity index (χ0v) is 8.98. The molecule has 1 aliphatic rings. The van der Waals surface area contributed by atoms with Crippen LogP contribution in [0, 0.1) is 0 Å². The first kappa shape index (κ1) is 11.9. The van der Waals surface area contributed by atoms with Gasteiger partial charge in [0, 0.05) is 0 Å². The monoisotopic (exact) mass is 203 g/mol. The molecule has 0 aromatic heterocycles. The third-order valence-corrected chi connectivity index (χ3v) is 2.43. The minimum absolute atomic E-state index is 0.0195. The zero-order chi connectivity index (χ0) is 10.6. The molecule has 3 atom stereocenters. The zero-order valence-electron chi connectivity index (χ0n) is 8.98. The van der Waals surface area contributed by atoms with Crippen molar-refractivity contribution in [2.75, 3.05) is 13.2 Å². The molecule has 1 rings (SSSR count). The summed E-state index contributed by atoms with van der Waals surface area (Å²) in [4.78, 5) is 0. The maximum Gasteiger partial charge on any atom is 0.0643 e. The summed E-state index contributed by atoms with van der Waals surface area (Å²) in [5, 5.41) is 8.74. The fraction of sp³-hybridized carbons (Fsp3) is 1.00. The van der Waals surface area contributed by atoms with Crippen molar-refractivity contribution >= 4 is 0 Å². The predicted octanol–water partition coefficient (Wildman–Crippen LogP) is 0.279. The highest BCUT2D eigenvalue weighted by molar-refractivity contribution is 4.74. The van der Waals surface area contributed by atoms with Crippen molar-refractivity contribution in [3.05, 3.63) is 0 Å². The Kier molecular flexibility index (Phi) is 4.81. The van der Waals surface area contributed by atoms with E-state index in [9.17, 15) is 0 Å². The van der Waals surface area contributed by atoms with Gasteiger partial charge in [-0.15, -0.1) is 0 Å². The molecule has 1 saturated heterocycles. The van der Waals surface area contributed by atoms with Crippen molar-refractivity contribution in [1.82, 2.24) is 0 Å². The van der Waals surface area contributed by atoms with Crippen molar-refractivity contribution in [1.29, 1.82) is 0 Å². The van der Waals surface area contributed by atoms with E-state index in [-0.39, 0.29) is 31.0 Å². The van der Waals surface area contributed by atoms with Crippen LogP contribution in [0.1, 0.15) is 26.7 Å². The van der Waals surface area contributed by atoms with E-state index in [0.717, 1.165) is 12.8 Å². The van der Waals surface area contributed by atoms with E-state index in [1.165, 1.54) is 0 Å². The van der Waals surface area contributed by atoms with Gasteiger partial charge in [0.25, 0.3) is 0 Å². The standard InChI is InChI=1S/C10H21NO3/c1-7-3-10(4-8(2)14-7)13-6-9(11)5-12/h7-10,12H,3-6,11H2,1-2H3. The Balaban J connectivity index is 2.23. The molecule has 0 aliphatic carbocycles. The average molecular weight is 203 g/mol. The van der Waals surface area contributed by atoms with Crippen LogP contribution in [-0.4, -0.2) is 42.7 Å². The third-order valence-electron chi connectivity index (χ3n) is 2.43. The lowest BCUT2D eigenvalue weighted by Crippen LogP contribution is -2.38. The van der Waals surface area contributed by atoms with E-state index in [2.05, 4.69) is 13.8 Å². The first-order chi connectivity index (χ1) is 6.61. The fourth-order valence-electron chi connectivity index (χ4n) is 1.79. The van der Waals surface area contributed by atoms with Crippen molar-refractivity contribution in [3.8, 4) is 0 Å². The lowest BCUT2D eigenvalue weighted by molar-refractivity contribution is -0.104. The number of rotatable bonds is 4. The summed E-state index contributed by atoms with van der Waals surface area (Å²) in [6.07, 6.45) is 2.58. The van der Waals surface area contributed by atoms with Crippen LogP contribution in [0.3, 0.4) is 0 Å². The summed E-state index contributed by atoms with van der Waals surface area (Å²) >= 11 is 0. The van der Waals surface area contributed by atoms with Crippen LogP contribution in [0.4, 0.5) is 0 Å². The molecule has 0 amide bonds. The maximum atomic E-state index is 8.74. The van der Waals surface area contributed by atoms with Crippen molar-refractivity contribution in [2.45, 2.75) is 51.0 Å². The molecule has 3 N–H and O–H groups in total. The molecule has 3 unspecified atom stereocenters. The van der Waals surface area contributed by atoms with Gasteiger partial charge >= 0.3 is 0 Å². The lowest BCUT2D eigenvalue weighted by atomic mass is 10.0. The second-order valence-corrected chi connectivity index (χ2v) is 4.13. The van der Waals surface area contributed by atoms with E-state index >= 15 is 0 Å². The van der Waals surface area contributed by atoms with E-state index in [4.69, 9.17) is 20.3 Å². The Morgan fingerprint density at radius 2 is 2.00 bits per heavy atom. The van der Waals surface area contributed by atoms with Gasteiger partial charge in [0.2, 0.25) is 0 Å². The van der Waals surface area contributed by atoms with Gasteiger partial charge in [0.1, 0.15) is 0 Å². The molecule has 0 radical (unpaired) electrons. The van der Waals surface area contributed by atoms with E-state index < -0.39 is 0 Å².